The first-order chi connectivity index (χ1) is 13.7. The van der Waals surface area contributed by atoms with Crippen LogP contribution in [0, 0.1) is 0 Å². The number of aromatic nitrogens is 3. The van der Waals surface area contributed by atoms with Gasteiger partial charge in [-0.2, -0.15) is 0 Å². The van der Waals surface area contributed by atoms with Gasteiger partial charge in [-0.05, 0) is 48.9 Å². The molecule has 5 rings (SSSR count). The van der Waals surface area contributed by atoms with Crippen molar-refractivity contribution in [1.29, 1.82) is 0 Å². The van der Waals surface area contributed by atoms with E-state index in [-0.39, 0.29) is 11.9 Å². The molecule has 1 amide bonds. The van der Waals surface area contributed by atoms with Gasteiger partial charge in [0.25, 0.3) is 5.91 Å². The third-order valence-corrected chi connectivity index (χ3v) is 5.57. The van der Waals surface area contributed by atoms with E-state index in [2.05, 4.69) is 25.5 Å². The van der Waals surface area contributed by atoms with Gasteiger partial charge in [-0.15, -0.1) is 0 Å². The Balaban J connectivity index is 1.50. The Kier molecular flexibility index (Phi) is 4.24. The first-order valence-corrected chi connectivity index (χ1v) is 9.91. The molecule has 1 aromatic carbocycles. The standard InChI is InChI=1S/C21H17BrN4O2/c22-15-5-1-4-14(12-15)21(27)25-10-8-16(13-25)26-19-17(6-2-9-23-19)24-20(26)18-7-3-11-28-18/h1-7,9,11-12,16H,8,10,13H2/t16-/m0/s1. The van der Waals surface area contributed by atoms with Crippen LogP contribution in [0.2, 0.25) is 0 Å². The van der Waals surface area contributed by atoms with Gasteiger partial charge >= 0.3 is 0 Å². The summed E-state index contributed by atoms with van der Waals surface area (Å²) in [5.74, 6) is 1.50. The average Bonchev–Trinajstić information content (AvgIpc) is 3.45. The number of hydrogen-bond acceptors (Lipinski definition) is 4. The van der Waals surface area contributed by atoms with Crippen LogP contribution in [0.4, 0.5) is 0 Å². The zero-order valence-corrected chi connectivity index (χ0v) is 16.5. The molecule has 0 N–H and O–H groups in total. The van der Waals surface area contributed by atoms with Gasteiger partial charge in [0.15, 0.2) is 17.2 Å². The molecule has 4 aromatic rings. The zero-order chi connectivity index (χ0) is 19.1. The van der Waals surface area contributed by atoms with E-state index in [0.717, 1.165) is 27.9 Å². The molecule has 4 heterocycles. The van der Waals surface area contributed by atoms with Crippen LogP contribution in [0.15, 0.2) is 69.9 Å². The number of amides is 1. The topological polar surface area (TPSA) is 64.2 Å². The highest BCUT2D eigenvalue weighted by Crippen LogP contribution is 2.32. The number of carbonyl (C=O) groups is 1. The fourth-order valence-corrected chi connectivity index (χ4v) is 4.20. The van der Waals surface area contributed by atoms with Gasteiger partial charge in [-0.1, -0.05) is 22.0 Å². The average molecular weight is 437 g/mol. The molecule has 1 aliphatic heterocycles. The van der Waals surface area contributed by atoms with Crippen molar-refractivity contribution in [3.63, 3.8) is 0 Å². The second-order valence-corrected chi connectivity index (χ2v) is 7.75. The van der Waals surface area contributed by atoms with Gasteiger partial charge in [0.05, 0.1) is 12.3 Å². The van der Waals surface area contributed by atoms with Gasteiger partial charge in [0.1, 0.15) is 5.52 Å². The molecule has 0 saturated carbocycles. The number of likely N-dealkylation sites (tertiary alicyclic amines) is 1. The lowest BCUT2D eigenvalue weighted by Crippen LogP contribution is -2.29. The fraction of sp³-hybridized carbons (Fsp3) is 0.190. The van der Waals surface area contributed by atoms with Gasteiger partial charge in [0.2, 0.25) is 0 Å². The third-order valence-electron chi connectivity index (χ3n) is 5.08. The monoisotopic (exact) mass is 436 g/mol. The third kappa shape index (κ3) is 2.92. The lowest BCUT2D eigenvalue weighted by molar-refractivity contribution is 0.0788. The number of nitrogens with zero attached hydrogens (tertiary/aromatic N) is 4. The number of rotatable bonds is 3. The molecule has 6 nitrogen and oxygen atoms in total. The second kappa shape index (κ2) is 6.91. The summed E-state index contributed by atoms with van der Waals surface area (Å²) in [6, 6.07) is 15.2. The minimum Gasteiger partial charge on any atom is -0.461 e. The Morgan fingerprint density at radius 3 is 2.93 bits per heavy atom. The molecule has 0 unspecified atom stereocenters. The Labute approximate surface area is 169 Å². The number of furan rings is 1. The van der Waals surface area contributed by atoms with Crippen molar-refractivity contribution in [2.45, 2.75) is 12.5 Å². The number of hydrogen-bond donors (Lipinski definition) is 0. The van der Waals surface area contributed by atoms with Crippen molar-refractivity contribution in [3.05, 3.63) is 71.0 Å². The summed E-state index contributed by atoms with van der Waals surface area (Å²) >= 11 is 3.44. The van der Waals surface area contributed by atoms with Crippen molar-refractivity contribution in [2.75, 3.05) is 13.1 Å². The predicted octanol–water partition coefficient (Wildman–Crippen LogP) is 4.54. The van der Waals surface area contributed by atoms with Crippen LogP contribution in [-0.2, 0) is 0 Å². The van der Waals surface area contributed by atoms with Crippen LogP contribution in [0.3, 0.4) is 0 Å². The molecule has 1 aliphatic rings. The maximum absolute atomic E-state index is 12.9. The van der Waals surface area contributed by atoms with Crippen LogP contribution in [-0.4, -0.2) is 38.4 Å². The van der Waals surface area contributed by atoms with Crippen LogP contribution in [0.25, 0.3) is 22.7 Å². The van der Waals surface area contributed by atoms with E-state index < -0.39 is 0 Å². The summed E-state index contributed by atoms with van der Waals surface area (Å²) in [6.07, 6.45) is 4.26. The van der Waals surface area contributed by atoms with Gasteiger partial charge in [-0.3, -0.25) is 4.79 Å². The lowest BCUT2D eigenvalue weighted by atomic mass is 10.2. The van der Waals surface area contributed by atoms with Gasteiger partial charge < -0.3 is 13.9 Å². The van der Waals surface area contributed by atoms with Crippen molar-refractivity contribution in [3.8, 4) is 11.6 Å². The largest absolute Gasteiger partial charge is 0.461 e. The molecule has 1 atom stereocenters. The molecular formula is C21H17BrN4O2. The minimum atomic E-state index is 0.0423. The molecule has 28 heavy (non-hydrogen) atoms. The highest BCUT2D eigenvalue weighted by molar-refractivity contribution is 9.10. The molecule has 0 bridgehead atoms. The quantitative estimate of drug-likeness (QED) is 0.472. The second-order valence-electron chi connectivity index (χ2n) is 6.83. The van der Waals surface area contributed by atoms with Gasteiger partial charge in [-0.25, -0.2) is 9.97 Å². The first kappa shape index (κ1) is 17.2. The molecule has 3 aromatic heterocycles. The van der Waals surface area contributed by atoms with Crippen LogP contribution >= 0.6 is 15.9 Å². The van der Waals surface area contributed by atoms with Gasteiger partial charge in [0, 0.05) is 29.3 Å². The van der Waals surface area contributed by atoms with E-state index in [4.69, 9.17) is 9.40 Å². The molecule has 1 saturated heterocycles. The maximum Gasteiger partial charge on any atom is 0.253 e. The number of imidazole rings is 1. The van der Waals surface area contributed by atoms with E-state index in [1.165, 1.54) is 0 Å². The normalized spacial score (nSPS) is 16.8. The van der Waals surface area contributed by atoms with Crippen molar-refractivity contribution in [2.24, 2.45) is 0 Å². The summed E-state index contributed by atoms with van der Waals surface area (Å²) in [5, 5.41) is 0. The highest BCUT2D eigenvalue weighted by Gasteiger charge is 2.31. The summed E-state index contributed by atoms with van der Waals surface area (Å²) in [7, 11) is 0. The Hall–Kier alpha value is -2.93. The lowest BCUT2D eigenvalue weighted by Gasteiger charge is -2.18. The van der Waals surface area contributed by atoms with E-state index in [1.54, 1.807) is 12.5 Å². The summed E-state index contributed by atoms with van der Waals surface area (Å²) in [4.78, 5) is 24.1. The van der Waals surface area contributed by atoms with Crippen molar-refractivity contribution >= 4 is 33.0 Å². The van der Waals surface area contributed by atoms with Crippen LogP contribution in [0.1, 0.15) is 22.8 Å². The molecule has 0 radical (unpaired) electrons. The molecule has 140 valence electrons. The number of halogens is 1. The predicted molar refractivity (Wildman–Crippen MR) is 109 cm³/mol. The first-order valence-electron chi connectivity index (χ1n) is 9.12. The highest BCUT2D eigenvalue weighted by atomic mass is 79.9. The van der Waals surface area contributed by atoms with E-state index >= 15 is 0 Å². The van der Waals surface area contributed by atoms with E-state index in [1.807, 2.05) is 53.4 Å². The van der Waals surface area contributed by atoms with E-state index in [9.17, 15) is 4.79 Å². The fourth-order valence-electron chi connectivity index (χ4n) is 3.80. The van der Waals surface area contributed by atoms with Crippen LogP contribution in [0.5, 0.6) is 0 Å². The molecule has 0 aliphatic carbocycles. The number of carbonyl (C=O) groups excluding carboxylic acids is 1. The number of pyridine rings is 1. The minimum absolute atomic E-state index is 0.0423. The van der Waals surface area contributed by atoms with Crippen molar-refractivity contribution in [1.82, 2.24) is 19.4 Å². The molecule has 0 spiro atoms. The molecular weight excluding hydrogens is 420 g/mol. The molecule has 1 fully saturated rings. The maximum atomic E-state index is 12.9. The summed E-state index contributed by atoms with van der Waals surface area (Å²) in [6.45, 7) is 1.31. The smallest absolute Gasteiger partial charge is 0.253 e. The SMILES string of the molecule is O=C(c1cccc(Br)c1)N1CC[C@H](n2c(-c3ccco3)nc3cccnc32)C1. The Bertz CT molecular complexity index is 1150. The molecule has 7 heteroatoms. The zero-order valence-electron chi connectivity index (χ0n) is 15.0. The summed E-state index contributed by atoms with van der Waals surface area (Å²) < 4.78 is 8.62. The Morgan fingerprint density at radius 1 is 1.18 bits per heavy atom. The number of benzene rings is 1. The summed E-state index contributed by atoms with van der Waals surface area (Å²) in [5.41, 5.74) is 2.33. The number of fused-ring (bicyclic) bond motifs is 1. The van der Waals surface area contributed by atoms with E-state index in [0.29, 0.717) is 24.4 Å². The van der Waals surface area contributed by atoms with Crippen LogP contribution < -0.4 is 0 Å². The van der Waals surface area contributed by atoms with Crippen molar-refractivity contribution < 1.29 is 9.21 Å². The Morgan fingerprint density at radius 2 is 2.11 bits per heavy atom.